The summed E-state index contributed by atoms with van der Waals surface area (Å²) in [7, 11) is 0. The molecule has 1 rings (SSSR count). The van der Waals surface area contributed by atoms with Crippen molar-refractivity contribution in [2.45, 2.75) is 41.5 Å². The third-order valence-electron chi connectivity index (χ3n) is 3.85. The van der Waals surface area contributed by atoms with E-state index in [4.69, 9.17) is 0 Å². The van der Waals surface area contributed by atoms with Gasteiger partial charge in [-0.15, -0.1) is 0 Å². The van der Waals surface area contributed by atoms with E-state index < -0.39 is 0 Å². The summed E-state index contributed by atoms with van der Waals surface area (Å²) in [5, 5.41) is 1.49. The standard InChI is InChI=1S/C15H30N3/c1-7-16(8-2)13-14(17(9-3)10-4)15(13)18(11-5)12-6/h7-12H2,1-6H3/q+1. The Morgan fingerprint density at radius 3 is 1.22 bits per heavy atom. The Morgan fingerprint density at radius 2 is 1.00 bits per heavy atom. The first kappa shape index (κ1) is 15.1. The van der Waals surface area contributed by atoms with Crippen molar-refractivity contribution in [3.63, 3.8) is 0 Å². The Hall–Kier alpha value is -0.990. The summed E-state index contributed by atoms with van der Waals surface area (Å²) >= 11 is 0. The highest BCUT2D eigenvalue weighted by Crippen LogP contribution is 2.31. The monoisotopic (exact) mass is 252 g/mol. The smallest absolute Gasteiger partial charge is 0.251 e. The van der Waals surface area contributed by atoms with Crippen LogP contribution in [0.5, 0.6) is 0 Å². The number of rotatable bonds is 8. The summed E-state index contributed by atoms with van der Waals surface area (Å²) in [5.41, 5.74) is 2.99. The summed E-state index contributed by atoms with van der Waals surface area (Å²) in [6.07, 6.45) is 0. The van der Waals surface area contributed by atoms with Crippen molar-refractivity contribution < 1.29 is 0 Å². The molecule has 104 valence electrons. The van der Waals surface area contributed by atoms with Crippen molar-refractivity contribution in [2.75, 3.05) is 49.1 Å². The lowest BCUT2D eigenvalue weighted by atomic mass is 10.5. The highest BCUT2D eigenvalue weighted by Gasteiger charge is 2.34. The van der Waals surface area contributed by atoms with Crippen LogP contribution in [0.4, 0.5) is 11.4 Å². The van der Waals surface area contributed by atoms with E-state index in [2.05, 4.69) is 55.9 Å². The molecule has 0 spiro atoms. The first-order chi connectivity index (χ1) is 8.69. The fraction of sp³-hybridized carbons (Fsp3) is 0.800. The van der Waals surface area contributed by atoms with Crippen molar-refractivity contribution in [1.82, 2.24) is 4.58 Å². The molecule has 1 aromatic carbocycles. The van der Waals surface area contributed by atoms with Crippen molar-refractivity contribution in [3.05, 3.63) is 5.36 Å². The van der Waals surface area contributed by atoms with E-state index in [0.29, 0.717) is 0 Å². The Balaban J connectivity index is 3.21. The molecule has 0 aliphatic carbocycles. The molecule has 0 radical (unpaired) electrons. The zero-order chi connectivity index (χ0) is 13.7. The van der Waals surface area contributed by atoms with Crippen LogP contribution in [0.1, 0.15) is 41.5 Å². The van der Waals surface area contributed by atoms with E-state index in [1.165, 1.54) is 16.7 Å². The van der Waals surface area contributed by atoms with Gasteiger partial charge in [0.05, 0.1) is 0 Å². The minimum absolute atomic E-state index is 1.10. The fourth-order valence-corrected chi connectivity index (χ4v) is 2.68. The Bertz CT molecular complexity index is 344. The normalized spacial score (nSPS) is 11.0. The van der Waals surface area contributed by atoms with E-state index in [9.17, 15) is 0 Å². The van der Waals surface area contributed by atoms with Crippen molar-refractivity contribution >= 4 is 11.4 Å². The maximum Gasteiger partial charge on any atom is 0.251 e. The van der Waals surface area contributed by atoms with Crippen LogP contribution >= 0.6 is 0 Å². The van der Waals surface area contributed by atoms with Gasteiger partial charge in [0.1, 0.15) is 24.5 Å². The molecule has 18 heavy (non-hydrogen) atoms. The second kappa shape index (κ2) is 6.81. The molecule has 0 aromatic heterocycles. The van der Waals surface area contributed by atoms with Crippen LogP contribution in [0, 0.1) is 0 Å². The molecule has 1 aromatic rings. The van der Waals surface area contributed by atoms with E-state index in [0.717, 1.165) is 39.3 Å². The lowest BCUT2D eigenvalue weighted by Crippen LogP contribution is -2.29. The number of nitrogens with zero attached hydrogens (tertiary/aromatic N) is 3. The van der Waals surface area contributed by atoms with Crippen molar-refractivity contribution in [3.8, 4) is 0 Å². The quantitative estimate of drug-likeness (QED) is 0.655. The molecule has 0 atom stereocenters. The summed E-state index contributed by atoms with van der Waals surface area (Å²) < 4.78 is 2.49. The third-order valence-corrected chi connectivity index (χ3v) is 3.85. The van der Waals surface area contributed by atoms with Gasteiger partial charge in [-0.3, -0.25) is 0 Å². The molecule has 3 heteroatoms. The predicted molar refractivity (Wildman–Crippen MR) is 82.3 cm³/mol. The molecule has 3 nitrogen and oxygen atoms in total. The average Bonchev–Trinajstić information content (AvgIpc) is 3.10. The highest BCUT2D eigenvalue weighted by atomic mass is 15.2. The van der Waals surface area contributed by atoms with Gasteiger partial charge in [-0.25, -0.2) is 4.58 Å². The number of anilines is 2. The maximum atomic E-state index is 2.49. The first-order valence-electron chi connectivity index (χ1n) is 7.56. The molecule has 0 heterocycles. The van der Waals surface area contributed by atoms with Gasteiger partial charge in [-0.2, -0.15) is 0 Å². The molecular weight excluding hydrogens is 222 g/mol. The Kier molecular flexibility index (Phi) is 5.70. The molecule has 0 bridgehead atoms. The topological polar surface area (TPSA) is 9.49 Å². The second-order valence-corrected chi connectivity index (χ2v) is 4.56. The van der Waals surface area contributed by atoms with Crippen LogP contribution < -0.4 is 19.7 Å². The van der Waals surface area contributed by atoms with E-state index in [1.807, 2.05) is 0 Å². The molecular formula is C15H30N3+. The van der Waals surface area contributed by atoms with Gasteiger partial charge in [0, 0.05) is 26.2 Å². The fourth-order valence-electron chi connectivity index (χ4n) is 2.68. The zero-order valence-corrected chi connectivity index (χ0v) is 13.1. The Labute approximate surface area is 112 Å². The molecule has 0 fully saturated rings. The third kappa shape index (κ3) is 2.70. The maximum absolute atomic E-state index is 2.49. The van der Waals surface area contributed by atoms with E-state index in [-0.39, 0.29) is 0 Å². The second-order valence-electron chi connectivity index (χ2n) is 4.56. The molecule has 0 unspecified atom stereocenters. The molecule has 0 saturated carbocycles. The van der Waals surface area contributed by atoms with Crippen LogP contribution in [-0.2, 0) is 0 Å². The predicted octanol–water partition coefficient (Wildman–Crippen LogP) is 2.07. The van der Waals surface area contributed by atoms with Gasteiger partial charge in [0.25, 0.3) is 5.36 Å². The van der Waals surface area contributed by atoms with Gasteiger partial charge in [-0.1, -0.05) is 0 Å². The van der Waals surface area contributed by atoms with Crippen LogP contribution in [0.2, 0.25) is 0 Å². The first-order valence-corrected chi connectivity index (χ1v) is 7.56. The minimum atomic E-state index is 1.10. The van der Waals surface area contributed by atoms with Crippen molar-refractivity contribution in [1.29, 1.82) is 0 Å². The molecule has 0 saturated heterocycles. The number of hydrogen-bond donors (Lipinski definition) is 0. The lowest BCUT2D eigenvalue weighted by molar-refractivity contribution is 0.634. The molecule has 0 amide bonds. The SMILES string of the molecule is CCN(CC)c1c(N(CC)CC)c1=[N+](CC)CC. The average molecular weight is 252 g/mol. The van der Waals surface area contributed by atoms with Crippen LogP contribution in [0.25, 0.3) is 0 Å². The molecule has 0 aliphatic heterocycles. The van der Waals surface area contributed by atoms with E-state index >= 15 is 0 Å². The zero-order valence-electron chi connectivity index (χ0n) is 13.1. The van der Waals surface area contributed by atoms with Gasteiger partial charge in [0.2, 0.25) is 0 Å². The molecule has 0 aliphatic rings. The summed E-state index contributed by atoms with van der Waals surface area (Å²) in [6, 6.07) is 0. The van der Waals surface area contributed by atoms with Crippen LogP contribution in [-0.4, -0.2) is 39.3 Å². The van der Waals surface area contributed by atoms with Gasteiger partial charge >= 0.3 is 0 Å². The van der Waals surface area contributed by atoms with Gasteiger partial charge in [-0.05, 0) is 41.5 Å². The van der Waals surface area contributed by atoms with Gasteiger partial charge in [0.15, 0.2) is 0 Å². The lowest BCUT2D eigenvalue weighted by Gasteiger charge is -2.18. The Morgan fingerprint density at radius 1 is 0.667 bits per heavy atom. The molecule has 0 N–H and O–H groups in total. The largest absolute Gasteiger partial charge is 0.365 e. The minimum Gasteiger partial charge on any atom is -0.365 e. The highest BCUT2D eigenvalue weighted by molar-refractivity contribution is 5.85. The summed E-state index contributed by atoms with van der Waals surface area (Å²) in [5.74, 6) is 0. The summed E-state index contributed by atoms with van der Waals surface area (Å²) in [6.45, 7) is 20.1. The number of hydrogen-bond acceptors (Lipinski definition) is 2. The van der Waals surface area contributed by atoms with Crippen LogP contribution in [0.3, 0.4) is 0 Å². The van der Waals surface area contributed by atoms with Crippen LogP contribution in [0.15, 0.2) is 0 Å². The van der Waals surface area contributed by atoms with E-state index in [1.54, 1.807) is 0 Å². The van der Waals surface area contributed by atoms with Crippen molar-refractivity contribution in [2.24, 2.45) is 0 Å². The summed E-state index contributed by atoms with van der Waals surface area (Å²) in [4.78, 5) is 4.97. The van der Waals surface area contributed by atoms with Gasteiger partial charge < -0.3 is 9.80 Å².